The molecule has 0 N–H and O–H groups in total. The minimum absolute atomic E-state index is 0.522. The van der Waals surface area contributed by atoms with Gasteiger partial charge in [-0.15, -0.1) is 0 Å². The number of carbonyl (C=O) groups excluding carboxylic acids is 1. The highest BCUT2D eigenvalue weighted by molar-refractivity contribution is 5.36. The summed E-state index contributed by atoms with van der Waals surface area (Å²) in [5.41, 5.74) is 0. The third-order valence-corrected chi connectivity index (χ3v) is 2.22. The van der Waals surface area contributed by atoms with Crippen molar-refractivity contribution in [1.29, 1.82) is 0 Å². The molecule has 0 aromatic rings. The van der Waals surface area contributed by atoms with Crippen molar-refractivity contribution < 1.29 is 9.53 Å². The topological polar surface area (TPSA) is 26.3 Å². The van der Waals surface area contributed by atoms with Gasteiger partial charge in [0.2, 0.25) is 0 Å². The Morgan fingerprint density at radius 2 is 2.08 bits per heavy atom. The fourth-order valence-electron chi connectivity index (χ4n) is 1.11. The van der Waals surface area contributed by atoms with Gasteiger partial charge >= 0.3 is 0 Å². The Labute approximate surface area is 75.3 Å². The molecule has 72 valence electrons. The van der Waals surface area contributed by atoms with Crippen LogP contribution >= 0.6 is 0 Å². The first-order valence-electron chi connectivity index (χ1n) is 4.86. The van der Waals surface area contributed by atoms with Crippen molar-refractivity contribution in [3.05, 3.63) is 0 Å². The van der Waals surface area contributed by atoms with Crippen LogP contribution in [0.3, 0.4) is 0 Å². The Morgan fingerprint density at radius 3 is 2.67 bits per heavy atom. The van der Waals surface area contributed by atoms with Gasteiger partial charge in [0.05, 0.1) is 6.61 Å². The van der Waals surface area contributed by atoms with Crippen molar-refractivity contribution >= 4 is 6.47 Å². The average Bonchev–Trinajstić information content (AvgIpc) is 2.10. The van der Waals surface area contributed by atoms with Crippen molar-refractivity contribution in [2.24, 2.45) is 5.92 Å². The molecule has 0 saturated heterocycles. The Balaban J connectivity index is 2.95. The zero-order chi connectivity index (χ0) is 9.23. The zero-order valence-corrected chi connectivity index (χ0v) is 8.21. The van der Waals surface area contributed by atoms with E-state index in [-0.39, 0.29) is 0 Å². The molecule has 0 aliphatic rings. The summed E-state index contributed by atoms with van der Waals surface area (Å²) in [7, 11) is 0. The summed E-state index contributed by atoms with van der Waals surface area (Å²) in [4.78, 5) is 9.77. The summed E-state index contributed by atoms with van der Waals surface area (Å²) in [5.74, 6) is 0.844. The van der Waals surface area contributed by atoms with Gasteiger partial charge in [-0.1, -0.05) is 39.5 Å². The number of unbranched alkanes of at least 4 members (excludes halogenated alkanes) is 2. The SMILES string of the molecule is CCC(C)CCCCCOC=O. The van der Waals surface area contributed by atoms with E-state index in [1.54, 1.807) is 0 Å². The lowest BCUT2D eigenvalue weighted by Crippen LogP contribution is -1.94. The van der Waals surface area contributed by atoms with Crippen LogP contribution in [0.4, 0.5) is 0 Å². The summed E-state index contributed by atoms with van der Waals surface area (Å²) in [5, 5.41) is 0. The van der Waals surface area contributed by atoms with Gasteiger partial charge in [0.1, 0.15) is 0 Å². The van der Waals surface area contributed by atoms with Crippen LogP contribution in [-0.4, -0.2) is 13.1 Å². The van der Waals surface area contributed by atoms with E-state index in [2.05, 4.69) is 18.6 Å². The number of ether oxygens (including phenoxy) is 1. The van der Waals surface area contributed by atoms with Gasteiger partial charge in [-0.2, -0.15) is 0 Å². The van der Waals surface area contributed by atoms with Gasteiger partial charge in [-0.05, 0) is 12.3 Å². The second-order valence-electron chi connectivity index (χ2n) is 3.33. The van der Waals surface area contributed by atoms with E-state index in [1.165, 1.54) is 25.7 Å². The molecule has 0 aromatic carbocycles. The molecule has 0 aliphatic heterocycles. The second kappa shape index (κ2) is 8.57. The van der Waals surface area contributed by atoms with Gasteiger partial charge in [-0.3, -0.25) is 4.79 Å². The fourth-order valence-corrected chi connectivity index (χ4v) is 1.11. The minimum Gasteiger partial charge on any atom is -0.468 e. The first-order valence-corrected chi connectivity index (χ1v) is 4.86. The molecule has 2 heteroatoms. The average molecular weight is 172 g/mol. The van der Waals surface area contributed by atoms with Crippen molar-refractivity contribution in [2.75, 3.05) is 6.61 Å². The lowest BCUT2D eigenvalue weighted by molar-refractivity contribution is -0.128. The van der Waals surface area contributed by atoms with Crippen molar-refractivity contribution in [2.45, 2.75) is 46.0 Å². The Hall–Kier alpha value is -0.530. The number of hydrogen-bond donors (Lipinski definition) is 0. The van der Waals surface area contributed by atoms with Gasteiger partial charge < -0.3 is 4.74 Å². The van der Waals surface area contributed by atoms with Crippen LogP contribution in [0.2, 0.25) is 0 Å². The molecule has 0 heterocycles. The predicted molar refractivity (Wildman–Crippen MR) is 49.9 cm³/mol. The first-order chi connectivity index (χ1) is 5.81. The summed E-state index contributed by atoms with van der Waals surface area (Å²) in [6.07, 6.45) is 6.02. The molecule has 12 heavy (non-hydrogen) atoms. The third kappa shape index (κ3) is 7.58. The molecule has 0 bridgehead atoms. The molecular weight excluding hydrogens is 152 g/mol. The Morgan fingerprint density at radius 1 is 1.33 bits per heavy atom. The molecule has 0 aliphatic carbocycles. The van der Waals surface area contributed by atoms with E-state index in [0.717, 1.165) is 12.3 Å². The van der Waals surface area contributed by atoms with Crippen LogP contribution in [0.1, 0.15) is 46.0 Å². The largest absolute Gasteiger partial charge is 0.468 e. The normalized spacial score (nSPS) is 12.5. The highest BCUT2D eigenvalue weighted by Crippen LogP contribution is 2.11. The molecule has 0 rings (SSSR count). The van der Waals surface area contributed by atoms with Crippen molar-refractivity contribution in [1.82, 2.24) is 0 Å². The molecule has 0 radical (unpaired) electrons. The lowest BCUT2D eigenvalue weighted by atomic mass is 10.0. The number of hydrogen-bond acceptors (Lipinski definition) is 2. The highest BCUT2D eigenvalue weighted by Gasteiger charge is 1.97. The predicted octanol–water partition coefficient (Wildman–Crippen LogP) is 2.77. The monoisotopic (exact) mass is 172 g/mol. The maximum Gasteiger partial charge on any atom is 0.293 e. The van der Waals surface area contributed by atoms with Crippen LogP contribution in [0.15, 0.2) is 0 Å². The minimum atomic E-state index is 0.522. The fraction of sp³-hybridized carbons (Fsp3) is 0.900. The van der Waals surface area contributed by atoms with E-state index in [0.29, 0.717) is 13.1 Å². The van der Waals surface area contributed by atoms with Crippen LogP contribution in [0.5, 0.6) is 0 Å². The van der Waals surface area contributed by atoms with Crippen LogP contribution in [0.25, 0.3) is 0 Å². The van der Waals surface area contributed by atoms with Crippen LogP contribution in [-0.2, 0) is 9.53 Å². The Kier molecular flexibility index (Phi) is 8.19. The summed E-state index contributed by atoms with van der Waals surface area (Å²) in [6, 6.07) is 0. The molecule has 0 spiro atoms. The molecular formula is C10H20O2. The molecule has 2 nitrogen and oxygen atoms in total. The summed E-state index contributed by atoms with van der Waals surface area (Å²) >= 11 is 0. The van der Waals surface area contributed by atoms with E-state index in [1.807, 2.05) is 0 Å². The van der Waals surface area contributed by atoms with E-state index >= 15 is 0 Å². The standard InChI is InChI=1S/C10H20O2/c1-3-10(2)7-5-4-6-8-12-9-11/h9-10H,3-8H2,1-2H3. The smallest absolute Gasteiger partial charge is 0.293 e. The second-order valence-corrected chi connectivity index (χ2v) is 3.33. The Bertz CT molecular complexity index is 102. The molecule has 0 saturated carbocycles. The van der Waals surface area contributed by atoms with E-state index in [4.69, 9.17) is 0 Å². The number of rotatable bonds is 8. The molecule has 1 unspecified atom stereocenters. The summed E-state index contributed by atoms with van der Waals surface area (Å²) < 4.78 is 4.59. The van der Waals surface area contributed by atoms with Crippen LogP contribution in [0, 0.1) is 5.92 Å². The van der Waals surface area contributed by atoms with Gasteiger partial charge in [0.25, 0.3) is 6.47 Å². The lowest BCUT2D eigenvalue weighted by Gasteiger charge is -2.06. The first kappa shape index (κ1) is 11.5. The van der Waals surface area contributed by atoms with Gasteiger partial charge in [0.15, 0.2) is 0 Å². The zero-order valence-electron chi connectivity index (χ0n) is 8.21. The van der Waals surface area contributed by atoms with Crippen LogP contribution < -0.4 is 0 Å². The van der Waals surface area contributed by atoms with E-state index in [9.17, 15) is 4.79 Å². The summed E-state index contributed by atoms with van der Waals surface area (Å²) in [6.45, 7) is 5.61. The molecule has 0 aromatic heterocycles. The van der Waals surface area contributed by atoms with Gasteiger partial charge in [-0.25, -0.2) is 0 Å². The highest BCUT2D eigenvalue weighted by atomic mass is 16.5. The van der Waals surface area contributed by atoms with Gasteiger partial charge in [0, 0.05) is 0 Å². The molecule has 0 fully saturated rings. The quantitative estimate of drug-likeness (QED) is 0.415. The van der Waals surface area contributed by atoms with E-state index < -0.39 is 0 Å². The van der Waals surface area contributed by atoms with Crippen molar-refractivity contribution in [3.63, 3.8) is 0 Å². The third-order valence-electron chi connectivity index (χ3n) is 2.22. The number of carbonyl (C=O) groups is 1. The molecule has 0 amide bonds. The maximum absolute atomic E-state index is 9.77. The van der Waals surface area contributed by atoms with Crippen molar-refractivity contribution in [3.8, 4) is 0 Å². The molecule has 1 atom stereocenters. The maximum atomic E-state index is 9.77.